The summed E-state index contributed by atoms with van der Waals surface area (Å²) in [6, 6.07) is 8.60. The first-order valence-electron chi connectivity index (χ1n) is 9.24. The maximum Gasteiger partial charge on any atom is 0.241 e. The van der Waals surface area contributed by atoms with Gasteiger partial charge in [-0.3, -0.25) is 4.79 Å². The molecule has 0 radical (unpaired) electrons. The van der Waals surface area contributed by atoms with Crippen LogP contribution < -0.4 is 15.5 Å². The number of rotatable bonds is 7. The van der Waals surface area contributed by atoms with Crippen molar-refractivity contribution in [2.24, 2.45) is 4.99 Å². The highest BCUT2D eigenvalue weighted by Gasteiger charge is 2.20. The molecule has 1 aliphatic heterocycles. The Kier molecular flexibility index (Phi) is 11.1. The molecule has 7 nitrogen and oxygen atoms in total. The average molecular weight is 489 g/mol. The summed E-state index contributed by atoms with van der Waals surface area (Å²) >= 11 is 0. The zero-order valence-corrected chi connectivity index (χ0v) is 18.9. The van der Waals surface area contributed by atoms with Crippen LogP contribution in [0.1, 0.15) is 12.5 Å². The van der Waals surface area contributed by atoms with E-state index in [9.17, 15) is 4.79 Å². The maximum atomic E-state index is 11.9. The first-order valence-corrected chi connectivity index (χ1v) is 9.24. The summed E-state index contributed by atoms with van der Waals surface area (Å²) in [5.74, 6) is 0.717. The van der Waals surface area contributed by atoms with Crippen LogP contribution in [-0.2, 0) is 9.53 Å². The Labute approximate surface area is 179 Å². The molecule has 0 spiro atoms. The van der Waals surface area contributed by atoms with Crippen LogP contribution in [0.3, 0.4) is 0 Å². The van der Waals surface area contributed by atoms with Crippen LogP contribution in [-0.4, -0.2) is 76.3 Å². The highest BCUT2D eigenvalue weighted by atomic mass is 127. The second-order valence-electron chi connectivity index (χ2n) is 6.33. The molecule has 2 rings (SSSR count). The van der Waals surface area contributed by atoms with E-state index in [0.717, 1.165) is 38.7 Å². The zero-order valence-electron chi connectivity index (χ0n) is 16.5. The number of carbonyl (C=O) groups is 1. The van der Waals surface area contributed by atoms with Crippen LogP contribution >= 0.6 is 24.0 Å². The minimum Gasteiger partial charge on any atom is -0.383 e. The van der Waals surface area contributed by atoms with Gasteiger partial charge in [-0.1, -0.05) is 12.1 Å². The molecule has 1 amide bonds. The smallest absolute Gasteiger partial charge is 0.241 e. The molecule has 152 valence electrons. The standard InChI is InChI=1S/C19H31N5O2.HI/c1-4-20-19(22-15-18(25)21-8-13-26-3)24-11-9-23(10-12-24)17-7-5-6-16(2)14-17;/h5-7,14H,4,8-13,15H2,1-3H3,(H,20,22)(H,21,25);1H. The maximum absolute atomic E-state index is 11.9. The van der Waals surface area contributed by atoms with Crippen LogP contribution in [0.5, 0.6) is 0 Å². The fourth-order valence-electron chi connectivity index (χ4n) is 2.92. The van der Waals surface area contributed by atoms with E-state index < -0.39 is 0 Å². The molecule has 0 bridgehead atoms. The number of nitrogens with one attached hydrogen (secondary N) is 2. The summed E-state index contributed by atoms with van der Waals surface area (Å²) in [7, 11) is 1.62. The van der Waals surface area contributed by atoms with Crippen LogP contribution in [0.4, 0.5) is 5.69 Å². The number of benzene rings is 1. The second kappa shape index (κ2) is 12.8. The van der Waals surface area contributed by atoms with Gasteiger partial charge in [0.2, 0.25) is 5.91 Å². The number of guanidine groups is 1. The third-order valence-electron chi connectivity index (χ3n) is 4.28. The van der Waals surface area contributed by atoms with Gasteiger partial charge in [0, 0.05) is 52.1 Å². The van der Waals surface area contributed by atoms with Crippen molar-refractivity contribution in [3.8, 4) is 0 Å². The number of hydrogen-bond donors (Lipinski definition) is 2. The lowest BCUT2D eigenvalue weighted by molar-refractivity contribution is -0.119. The van der Waals surface area contributed by atoms with E-state index in [0.29, 0.717) is 13.2 Å². The molecule has 1 heterocycles. The van der Waals surface area contributed by atoms with Crippen molar-refractivity contribution in [1.82, 2.24) is 15.5 Å². The van der Waals surface area contributed by atoms with Crippen molar-refractivity contribution in [2.75, 3.05) is 64.4 Å². The van der Waals surface area contributed by atoms with Gasteiger partial charge in [-0.15, -0.1) is 24.0 Å². The molecule has 0 saturated carbocycles. The Morgan fingerprint density at radius 1 is 1.22 bits per heavy atom. The fraction of sp³-hybridized carbons (Fsp3) is 0.579. The molecule has 0 unspecified atom stereocenters. The van der Waals surface area contributed by atoms with Crippen LogP contribution in [0.25, 0.3) is 0 Å². The highest BCUT2D eigenvalue weighted by Crippen LogP contribution is 2.17. The Morgan fingerprint density at radius 3 is 2.59 bits per heavy atom. The Bertz CT molecular complexity index is 604. The molecule has 1 aromatic rings. The summed E-state index contributed by atoms with van der Waals surface area (Å²) in [5.41, 5.74) is 2.54. The number of aliphatic imine (C=N–C) groups is 1. The number of hydrogen-bond acceptors (Lipinski definition) is 4. The first kappa shape index (κ1) is 23.5. The highest BCUT2D eigenvalue weighted by molar-refractivity contribution is 14.0. The lowest BCUT2D eigenvalue weighted by atomic mass is 10.2. The van der Waals surface area contributed by atoms with E-state index >= 15 is 0 Å². The summed E-state index contributed by atoms with van der Waals surface area (Å²) in [6.07, 6.45) is 0. The van der Waals surface area contributed by atoms with E-state index in [1.54, 1.807) is 7.11 Å². The quantitative estimate of drug-likeness (QED) is 0.263. The molecule has 1 aliphatic rings. The SMILES string of the molecule is CCNC(=NCC(=O)NCCOC)N1CCN(c2cccc(C)c2)CC1.I. The van der Waals surface area contributed by atoms with E-state index in [2.05, 4.69) is 56.6 Å². The Hall–Kier alpha value is -1.55. The van der Waals surface area contributed by atoms with Crippen molar-refractivity contribution in [3.05, 3.63) is 29.8 Å². The number of piperazine rings is 1. The van der Waals surface area contributed by atoms with Crippen molar-refractivity contribution < 1.29 is 9.53 Å². The monoisotopic (exact) mass is 489 g/mol. The van der Waals surface area contributed by atoms with Gasteiger partial charge in [0.05, 0.1) is 6.61 Å². The molecule has 0 atom stereocenters. The van der Waals surface area contributed by atoms with E-state index in [1.165, 1.54) is 11.3 Å². The zero-order chi connectivity index (χ0) is 18.8. The van der Waals surface area contributed by atoms with Crippen molar-refractivity contribution in [2.45, 2.75) is 13.8 Å². The van der Waals surface area contributed by atoms with Gasteiger partial charge in [0.15, 0.2) is 5.96 Å². The normalized spacial score (nSPS) is 14.6. The molecule has 0 aliphatic carbocycles. The van der Waals surface area contributed by atoms with E-state index in [4.69, 9.17) is 4.74 Å². The number of ether oxygens (including phenoxy) is 1. The summed E-state index contributed by atoms with van der Waals surface area (Å²) in [4.78, 5) is 21.0. The number of amides is 1. The van der Waals surface area contributed by atoms with Gasteiger partial charge in [0.1, 0.15) is 6.54 Å². The molecular formula is C19H32IN5O2. The van der Waals surface area contributed by atoms with Gasteiger partial charge >= 0.3 is 0 Å². The predicted molar refractivity (Wildman–Crippen MR) is 121 cm³/mol. The van der Waals surface area contributed by atoms with E-state index in [-0.39, 0.29) is 36.4 Å². The van der Waals surface area contributed by atoms with E-state index in [1.807, 2.05) is 6.92 Å². The molecule has 8 heteroatoms. The van der Waals surface area contributed by atoms with Crippen molar-refractivity contribution in [3.63, 3.8) is 0 Å². The van der Waals surface area contributed by atoms with Crippen molar-refractivity contribution in [1.29, 1.82) is 0 Å². The van der Waals surface area contributed by atoms with Gasteiger partial charge in [-0.25, -0.2) is 4.99 Å². The van der Waals surface area contributed by atoms with Crippen LogP contribution in [0.15, 0.2) is 29.3 Å². The number of halogens is 1. The third kappa shape index (κ3) is 7.92. The topological polar surface area (TPSA) is 69.2 Å². The number of methoxy groups -OCH3 is 1. The molecule has 2 N–H and O–H groups in total. The average Bonchev–Trinajstić information content (AvgIpc) is 2.65. The van der Waals surface area contributed by atoms with Gasteiger partial charge in [0.25, 0.3) is 0 Å². The minimum absolute atomic E-state index is 0. The fourth-order valence-corrected chi connectivity index (χ4v) is 2.92. The summed E-state index contributed by atoms with van der Waals surface area (Å²) in [6.45, 7) is 9.72. The number of nitrogens with zero attached hydrogens (tertiary/aromatic N) is 3. The second-order valence-corrected chi connectivity index (χ2v) is 6.33. The van der Waals surface area contributed by atoms with Crippen molar-refractivity contribution >= 4 is 41.5 Å². The molecule has 27 heavy (non-hydrogen) atoms. The Morgan fingerprint density at radius 2 is 1.96 bits per heavy atom. The molecule has 1 saturated heterocycles. The largest absolute Gasteiger partial charge is 0.383 e. The Balaban J connectivity index is 0.00000364. The lowest BCUT2D eigenvalue weighted by Gasteiger charge is -2.37. The number of anilines is 1. The minimum atomic E-state index is -0.0872. The number of aryl methyl sites for hydroxylation is 1. The van der Waals surface area contributed by atoms with Gasteiger partial charge in [-0.05, 0) is 31.5 Å². The van der Waals surface area contributed by atoms with Crippen LogP contribution in [0.2, 0.25) is 0 Å². The van der Waals surface area contributed by atoms with Crippen LogP contribution in [0, 0.1) is 6.92 Å². The molecule has 1 fully saturated rings. The number of carbonyl (C=O) groups excluding carboxylic acids is 1. The molecule has 0 aromatic heterocycles. The summed E-state index contributed by atoms with van der Waals surface area (Å²) < 4.78 is 4.93. The summed E-state index contributed by atoms with van der Waals surface area (Å²) in [5, 5.41) is 6.08. The molecule has 1 aromatic carbocycles. The molecular weight excluding hydrogens is 457 g/mol. The third-order valence-corrected chi connectivity index (χ3v) is 4.28. The van der Waals surface area contributed by atoms with Gasteiger partial charge in [-0.2, -0.15) is 0 Å². The van der Waals surface area contributed by atoms with Gasteiger partial charge < -0.3 is 25.2 Å². The first-order chi connectivity index (χ1) is 12.6. The lowest BCUT2D eigenvalue weighted by Crippen LogP contribution is -2.52. The predicted octanol–water partition coefficient (Wildman–Crippen LogP) is 1.46.